The van der Waals surface area contributed by atoms with Gasteiger partial charge >= 0.3 is 0 Å². The van der Waals surface area contributed by atoms with E-state index in [1.165, 1.54) is 0 Å². The topological polar surface area (TPSA) is 9.23 Å². The van der Waals surface area contributed by atoms with Gasteiger partial charge in [0, 0.05) is 17.0 Å². The van der Waals surface area contributed by atoms with Gasteiger partial charge in [-0.1, -0.05) is 54.1 Å². The first kappa shape index (κ1) is 16.5. The van der Waals surface area contributed by atoms with Gasteiger partial charge in [0.2, 0.25) is 0 Å². The average Bonchev–Trinajstić information content (AvgIpc) is 2.58. The Labute approximate surface area is 146 Å². The van der Waals surface area contributed by atoms with Crippen molar-refractivity contribution < 1.29 is 9.13 Å². The van der Waals surface area contributed by atoms with Gasteiger partial charge in [-0.05, 0) is 48.4 Å². The van der Waals surface area contributed by atoms with Crippen molar-refractivity contribution in [3.05, 3.63) is 89.2 Å². The quantitative estimate of drug-likeness (QED) is 0.540. The Bertz CT molecular complexity index is 800. The van der Waals surface area contributed by atoms with Crippen molar-refractivity contribution in [2.75, 3.05) is 0 Å². The predicted octanol–water partition coefficient (Wildman–Crippen LogP) is 6.16. The summed E-state index contributed by atoms with van der Waals surface area (Å²) >= 11 is 5.86. The van der Waals surface area contributed by atoms with Crippen LogP contribution in [0, 0.1) is 5.82 Å². The fourth-order valence-corrected chi connectivity index (χ4v) is 2.78. The van der Waals surface area contributed by atoms with Gasteiger partial charge in [-0.2, -0.15) is 0 Å². The van der Waals surface area contributed by atoms with Crippen LogP contribution in [0.3, 0.4) is 0 Å². The summed E-state index contributed by atoms with van der Waals surface area (Å²) in [7, 11) is 0. The second kappa shape index (κ2) is 7.50. The van der Waals surface area contributed by atoms with E-state index in [-0.39, 0.29) is 11.9 Å². The first-order chi connectivity index (χ1) is 11.6. The number of ether oxygens (including phenoxy) is 1. The van der Waals surface area contributed by atoms with Gasteiger partial charge < -0.3 is 4.74 Å². The van der Waals surface area contributed by atoms with Crippen LogP contribution in [-0.4, -0.2) is 6.10 Å². The van der Waals surface area contributed by atoms with Gasteiger partial charge in [0.15, 0.2) is 0 Å². The highest BCUT2D eigenvalue weighted by Crippen LogP contribution is 2.24. The molecule has 0 aromatic heterocycles. The molecule has 0 bridgehead atoms. The largest absolute Gasteiger partial charge is 0.490 e. The van der Waals surface area contributed by atoms with Crippen molar-refractivity contribution in [3.63, 3.8) is 0 Å². The number of rotatable bonds is 5. The summed E-state index contributed by atoms with van der Waals surface area (Å²) < 4.78 is 20.2. The molecule has 122 valence electrons. The average molecular weight is 341 g/mol. The Balaban J connectivity index is 1.69. The summed E-state index contributed by atoms with van der Waals surface area (Å²) in [6.07, 6.45) is 0.572. The van der Waals surface area contributed by atoms with Gasteiger partial charge in [-0.3, -0.25) is 0 Å². The van der Waals surface area contributed by atoms with E-state index in [2.05, 4.69) is 0 Å². The SMILES string of the molecule is CC(Cc1ccc(-c2ccccc2)c(F)c1)Oc1ccc(Cl)cc1. The molecule has 3 heteroatoms. The molecule has 3 aromatic rings. The fourth-order valence-electron chi connectivity index (χ4n) is 2.66. The second-order valence-electron chi connectivity index (χ2n) is 5.77. The minimum absolute atomic E-state index is 0.0619. The molecule has 3 aromatic carbocycles. The van der Waals surface area contributed by atoms with Crippen LogP contribution in [-0.2, 0) is 6.42 Å². The number of hydrogen-bond donors (Lipinski definition) is 0. The van der Waals surface area contributed by atoms with Gasteiger partial charge in [0.25, 0.3) is 0 Å². The molecule has 3 rings (SSSR count). The fraction of sp³-hybridized carbons (Fsp3) is 0.143. The molecular formula is C21H18ClFO. The van der Waals surface area contributed by atoms with Crippen molar-refractivity contribution in [2.24, 2.45) is 0 Å². The lowest BCUT2D eigenvalue weighted by molar-refractivity contribution is 0.222. The number of hydrogen-bond acceptors (Lipinski definition) is 1. The molecule has 0 fully saturated rings. The third-order valence-corrected chi connectivity index (χ3v) is 4.04. The van der Waals surface area contributed by atoms with E-state index < -0.39 is 0 Å². The van der Waals surface area contributed by atoms with Crippen LogP contribution in [0.2, 0.25) is 5.02 Å². The lowest BCUT2D eigenvalue weighted by Gasteiger charge is -2.15. The first-order valence-corrected chi connectivity index (χ1v) is 8.25. The van der Waals surface area contributed by atoms with Crippen LogP contribution in [0.5, 0.6) is 5.75 Å². The molecule has 0 N–H and O–H groups in total. The maximum atomic E-state index is 14.4. The van der Waals surface area contributed by atoms with Crippen LogP contribution >= 0.6 is 11.6 Å². The highest BCUT2D eigenvalue weighted by molar-refractivity contribution is 6.30. The summed E-state index contributed by atoms with van der Waals surface area (Å²) in [4.78, 5) is 0. The van der Waals surface area contributed by atoms with E-state index in [1.54, 1.807) is 18.2 Å². The van der Waals surface area contributed by atoms with E-state index >= 15 is 0 Å². The van der Waals surface area contributed by atoms with E-state index in [0.717, 1.165) is 16.9 Å². The molecule has 0 aliphatic carbocycles. The Morgan fingerprint density at radius 1 is 0.958 bits per heavy atom. The highest BCUT2D eigenvalue weighted by Gasteiger charge is 2.10. The lowest BCUT2D eigenvalue weighted by atomic mass is 10.0. The summed E-state index contributed by atoms with van der Waals surface area (Å²) in [6.45, 7) is 1.97. The van der Waals surface area contributed by atoms with Crippen LogP contribution < -0.4 is 4.74 Å². The van der Waals surface area contributed by atoms with E-state index in [9.17, 15) is 4.39 Å². The molecule has 0 aliphatic rings. The molecule has 0 radical (unpaired) electrons. The molecule has 1 atom stereocenters. The summed E-state index contributed by atoms with van der Waals surface area (Å²) in [5, 5.41) is 0.675. The molecule has 0 amide bonds. The van der Waals surface area contributed by atoms with Crippen LogP contribution in [0.15, 0.2) is 72.8 Å². The Hall–Kier alpha value is -2.32. The smallest absolute Gasteiger partial charge is 0.131 e. The van der Waals surface area contributed by atoms with Crippen molar-refractivity contribution in [2.45, 2.75) is 19.4 Å². The monoisotopic (exact) mass is 340 g/mol. The molecule has 24 heavy (non-hydrogen) atoms. The minimum atomic E-state index is -0.211. The molecule has 0 aliphatic heterocycles. The zero-order valence-electron chi connectivity index (χ0n) is 13.4. The maximum Gasteiger partial charge on any atom is 0.131 e. The molecule has 0 saturated carbocycles. The molecule has 0 spiro atoms. The number of benzene rings is 3. The van der Waals surface area contributed by atoms with Crippen molar-refractivity contribution in [1.82, 2.24) is 0 Å². The Morgan fingerprint density at radius 2 is 1.67 bits per heavy atom. The Kier molecular flexibility index (Phi) is 5.17. The standard InChI is InChI=1S/C21H18ClFO/c1-15(24-19-10-8-18(22)9-11-19)13-16-7-12-20(21(23)14-16)17-5-3-2-4-6-17/h2-12,14-15H,13H2,1H3. The predicted molar refractivity (Wildman–Crippen MR) is 97.1 cm³/mol. The van der Waals surface area contributed by atoms with E-state index in [4.69, 9.17) is 16.3 Å². The second-order valence-corrected chi connectivity index (χ2v) is 6.20. The lowest BCUT2D eigenvalue weighted by Crippen LogP contribution is -2.15. The van der Waals surface area contributed by atoms with E-state index in [0.29, 0.717) is 17.0 Å². The van der Waals surface area contributed by atoms with Crippen molar-refractivity contribution in [1.29, 1.82) is 0 Å². The van der Waals surface area contributed by atoms with Gasteiger partial charge in [-0.15, -0.1) is 0 Å². The van der Waals surface area contributed by atoms with Gasteiger partial charge in [-0.25, -0.2) is 4.39 Å². The first-order valence-electron chi connectivity index (χ1n) is 7.88. The van der Waals surface area contributed by atoms with Crippen LogP contribution in [0.1, 0.15) is 12.5 Å². The molecule has 1 nitrogen and oxygen atoms in total. The van der Waals surface area contributed by atoms with Crippen LogP contribution in [0.25, 0.3) is 11.1 Å². The van der Waals surface area contributed by atoms with Crippen LogP contribution in [0.4, 0.5) is 4.39 Å². The number of halogens is 2. The molecule has 0 saturated heterocycles. The maximum absolute atomic E-state index is 14.4. The normalized spacial score (nSPS) is 12.0. The zero-order chi connectivity index (χ0) is 16.9. The van der Waals surface area contributed by atoms with Crippen molar-refractivity contribution >= 4 is 11.6 Å². The summed E-state index contributed by atoms with van der Waals surface area (Å²) in [5.74, 6) is 0.547. The van der Waals surface area contributed by atoms with Gasteiger partial charge in [0.1, 0.15) is 11.6 Å². The minimum Gasteiger partial charge on any atom is -0.490 e. The molecule has 0 heterocycles. The Morgan fingerprint density at radius 3 is 2.33 bits per heavy atom. The summed E-state index contributed by atoms with van der Waals surface area (Å²) in [5.41, 5.74) is 2.41. The third kappa shape index (κ3) is 4.15. The molecular weight excluding hydrogens is 323 g/mol. The van der Waals surface area contributed by atoms with Gasteiger partial charge in [0.05, 0.1) is 6.10 Å². The van der Waals surface area contributed by atoms with Crippen molar-refractivity contribution in [3.8, 4) is 16.9 Å². The third-order valence-electron chi connectivity index (χ3n) is 3.79. The van der Waals surface area contributed by atoms with E-state index in [1.807, 2.05) is 61.5 Å². The highest BCUT2D eigenvalue weighted by atomic mass is 35.5. The zero-order valence-corrected chi connectivity index (χ0v) is 14.1. The molecule has 1 unspecified atom stereocenters. The summed E-state index contributed by atoms with van der Waals surface area (Å²) in [6, 6.07) is 22.2.